The monoisotopic (exact) mass is 537 g/mol. The van der Waals surface area contributed by atoms with Crippen molar-refractivity contribution in [2.45, 2.75) is 33.1 Å². The van der Waals surface area contributed by atoms with Crippen LogP contribution in [0.3, 0.4) is 0 Å². The molecule has 11 heteroatoms. The Hall–Kier alpha value is -3.70. The summed E-state index contributed by atoms with van der Waals surface area (Å²) in [5, 5.41) is 10.9. The van der Waals surface area contributed by atoms with Crippen molar-refractivity contribution in [1.29, 1.82) is 0 Å². The molecule has 0 unspecified atom stereocenters. The first kappa shape index (κ1) is 27.3. The number of hydrogen-bond donors (Lipinski definition) is 2. The molecule has 0 atom stereocenters. The van der Waals surface area contributed by atoms with E-state index in [1.54, 1.807) is 30.1 Å². The lowest BCUT2D eigenvalue weighted by molar-refractivity contribution is -0.114. The molecule has 0 spiro atoms. The SMILES string of the molecule is CC/C=C(\C=NC)c1nn(-c2ccc(C(=O)NCCN(C)C)cc2F)c2c1CCc1nc(NC(C)=O)sc1-2. The molecule has 0 aliphatic heterocycles. The Morgan fingerprint density at radius 3 is 2.74 bits per heavy atom. The first-order valence-electron chi connectivity index (χ1n) is 12.5. The fraction of sp³-hybridized carbons (Fsp3) is 0.370. The van der Waals surface area contributed by atoms with Gasteiger partial charge >= 0.3 is 0 Å². The van der Waals surface area contributed by atoms with Gasteiger partial charge in [0.05, 0.1) is 22.0 Å². The van der Waals surface area contributed by atoms with Crippen molar-refractivity contribution in [2.24, 2.45) is 4.99 Å². The molecule has 3 aromatic rings. The van der Waals surface area contributed by atoms with Crippen molar-refractivity contribution in [3.63, 3.8) is 0 Å². The topological polar surface area (TPSA) is 105 Å². The quantitative estimate of drug-likeness (QED) is 0.402. The van der Waals surface area contributed by atoms with Gasteiger partial charge in [-0.05, 0) is 51.6 Å². The maximum absolute atomic E-state index is 15.6. The number of anilines is 1. The number of thiazole rings is 1. The van der Waals surface area contributed by atoms with E-state index in [0.717, 1.165) is 39.5 Å². The van der Waals surface area contributed by atoms with E-state index >= 15 is 4.39 Å². The van der Waals surface area contributed by atoms with Gasteiger partial charge in [0.15, 0.2) is 5.13 Å². The molecular weight excluding hydrogens is 505 g/mol. The minimum Gasteiger partial charge on any atom is -0.351 e. The summed E-state index contributed by atoms with van der Waals surface area (Å²) in [6.07, 6.45) is 5.93. The zero-order chi connectivity index (χ0) is 27.4. The lowest BCUT2D eigenvalue weighted by Crippen LogP contribution is -2.31. The average Bonchev–Trinajstić information content (AvgIpc) is 3.44. The van der Waals surface area contributed by atoms with Gasteiger partial charge in [-0.2, -0.15) is 5.10 Å². The van der Waals surface area contributed by atoms with E-state index in [4.69, 9.17) is 5.10 Å². The molecule has 2 aromatic heterocycles. The Morgan fingerprint density at radius 2 is 2.08 bits per heavy atom. The van der Waals surface area contributed by atoms with E-state index in [9.17, 15) is 9.59 Å². The van der Waals surface area contributed by atoms with Gasteiger partial charge in [-0.15, -0.1) is 0 Å². The molecule has 0 fully saturated rings. The molecule has 1 aromatic carbocycles. The molecule has 0 radical (unpaired) electrons. The molecule has 0 saturated carbocycles. The van der Waals surface area contributed by atoms with E-state index in [-0.39, 0.29) is 23.1 Å². The molecule has 2 amide bonds. The van der Waals surface area contributed by atoms with Gasteiger partial charge in [-0.25, -0.2) is 14.1 Å². The molecule has 2 heterocycles. The normalized spacial score (nSPS) is 13.1. The Morgan fingerprint density at radius 1 is 1.29 bits per heavy atom. The van der Waals surface area contributed by atoms with Crippen molar-refractivity contribution in [2.75, 3.05) is 39.5 Å². The second-order valence-corrected chi connectivity index (χ2v) is 10.2. The third-order valence-electron chi connectivity index (χ3n) is 6.04. The van der Waals surface area contributed by atoms with E-state index in [1.165, 1.54) is 24.3 Å². The summed E-state index contributed by atoms with van der Waals surface area (Å²) < 4.78 is 17.2. The van der Waals surface area contributed by atoms with Crippen LogP contribution in [0.25, 0.3) is 21.8 Å². The summed E-state index contributed by atoms with van der Waals surface area (Å²) in [6.45, 7) is 4.62. The number of amides is 2. The minimum atomic E-state index is -0.564. The van der Waals surface area contributed by atoms with E-state index < -0.39 is 5.82 Å². The number of carbonyl (C=O) groups is 2. The number of hydrogen-bond acceptors (Lipinski definition) is 7. The molecule has 38 heavy (non-hydrogen) atoms. The van der Waals surface area contributed by atoms with Gasteiger partial charge in [0.1, 0.15) is 11.5 Å². The van der Waals surface area contributed by atoms with Crippen molar-refractivity contribution in [3.05, 3.63) is 52.6 Å². The standard InChI is InChI=1S/C27H32FN7O2S/c1-6-7-18(15-29-3)23-19-9-10-21-25(38-27(32-21)31-16(2)36)24(19)35(33-23)22-11-8-17(14-20(22)28)26(37)30-12-13-34(4)5/h7-8,11,14-15H,6,9-10,12-13H2,1-5H3,(H,30,37)(H,31,32,36)/b18-7+,29-15?. The maximum atomic E-state index is 15.6. The molecule has 1 aliphatic carbocycles. The van der Waals surface area contributed by atoms with Gasteiger partial charge in [-0.3, -0.25) is 14.6 Å². The second-order valence-electron chi connectivity index (χ2n) is 9.24. The number of carbonyl (C=O) groups excluding carboxylic acids is 2. The molecule has 0 bridgehead atoms. The number of likely N-dealkylation sites (N-methyl/N-ethyl adjacent to an activating group) is 1. The number of allylic oxidation sites excluding steroid dienone is 2. The summed E-state index contributed by atoms with van der Waals surface area (Å²) in [5.74, 6) is -1.10. The highest BCUT2D eigenvalue weighted by atomic mass is 32.1. The van der Waals surface area contributed by atoms with Crippen LogP contribution in [-0.2, 0) is 17.6 Å². The van der Waals surface area contributed by atoms with Crippen LogP contribution in [0.1, 0.15) is 47.6 Å². The predicted molar refractivity (Wildman–Crippen MR) is 150 cm³/mol. The number of rotatable bonds is 9. The van der Waals surface area contributed by atoms with Crippen molar-refractivity contribution in [1.82, 2.24) is 25.0 Å². The van der Waals surface area contributed by atoms with Crippen molar-refractivity contribution < 1.29 is 14.0 Å². The number of nitrogens with one attached hydrogen (secondary N) is 2. The van der Waals surface area contributed by atoms with E-state index in [1.807, 2.05) is 32.0 Å². The van der Waals surface area contributed by atoms with Gasteiger partial charge in [0.2, 0.25) is 5.91 Å². The Balaban J connectivity index is 1.82. The number of benzene rings is 1. The third kappa shape index (κ3) is 5.73. The van der Waals surface area contributed by atoms with Gasteiger partial charge < -0.3 is 15.5 Å². The number of fused-ring (bicyclic) bond motifs is 3. The number of nitrogens with zero attached hydrogens (tertiary/aromatic N) is 5. The number of aromatic nitrogens is 3. The number of halogens is 1. The van der Waals surface area contributed by atoms with Crippen LogP contribution < -0.4 is 10.6 Å². The predicted octanol–water partition coefficient (Wildman–Crippen LogP) is 3.98. The average molecular weight is 538 g/mol. The first-order chi connectivity index (χ1) is 18.2. The molecular formula is C27H32FN7O2S. The molecule has 200 valence electrons. The highest BCUT2D eigenvalue weighted by Gasteiger charge is 2.31. The number of aliphatic imine (C=N–C) groups is 1. The summed E-state index contributed by atoms with van der Waals surface area (Å²) in [4.78, 5) is 35.8. The molecule has 1 aliphatic rings. The smallest absolute Gasteiger partial charge is 0.251 e. The van der Waals surface area contributed by atoms with Crippen LogP contribution in [0.2, 0.25) is 0 Å². The summed E-state index contributed by atoms with van der Waals surface area (Å²) in [7, 11) is 5.54. The Kier molecular flexibility index (Phi) is 8.48. The molecule has 2 N–H and O–H groups in total. The van der Waals surface area contributed by atoms with Crippen LogP contribution in [0.15, 0.2) is 29.3 Å². The molecule has 9 nitrogen and oxygen atoms in total. The second kappa shape index (κ2) is 11.8. The largest absolute Gasteiger partial charge is 0.351 e. The summed E-state index contributed by atoms with van der Waals surface area (Å²) >= 11 is 1.34. The van der Waals surface area contributed by atoms with Gasteiger partial charge in [0.25, 0.3) is 5.91 Å². The van der Waals surface area contributed by atoms with Crippen LogP contribution in [-0.4, -0.2) is 71.9 Å². The lowest BCUT2D eigenvalue weighted by Gasteiger charge is -2.15. The number of aryl methyl sites for hydroxylation is 1. The maximum Gasteiger partial charge on any atom is 0.251 e. The third-order valence-corrected chi connectivity index (χ3v) is 7.06. The van der Waals surface area contributed by atoms with Crippen LogP contribution in [0.5, 0.6) is 0 Å². The molecule has 4 rings (SSSR count). The van der Waals surface area contributed by atoms with Gasteiger partial charge in [-0.1, -0.05) is 24.3 Å². The van der Waals surface area contributed by atoms with Crippen LogP contribution in [0, 0.1) is 5.82 Å². The zero-order valence-electron chi connectivity index (χ0n) is 22.3. The van der Waals surface area contributed by atoms with E-state index in [0.29, 0.717) is 31.1 Å². The zero-order valence-corrected chi connectivity index (χ0v) is 23.1. The van der Waals surface area contributed by atoms with E-state index in [2.05, 4.69) is 20.6 Å². The molecule has 0 saturated heterocycles. The van der Waals surface area contributed by atoms with Gasteiger partial charge in [0, 0.05) is 50.0 Å². The Bertz CT molecular complexity index is 1420. The minimum absolute atomic E-state index is 0.205. The highest BCUT2D eigenvalue weighted by Crippen LogP contribution is 2.43. The van der Waals surface area contributed by atoms with Crippen molar-refractivity contribution >= 4 is 40.1 Å². The van der Waals surface area contributed by atoms with Crippen LogP contribution in [0.4, 0.5) is 9.52 Å². The first-order valence-corrected chi connectivity index (χ1v) is 13.3. The fourth-order valence-electron chi connectivity index (χ4n) is 4.36. The Labute approximate surface area is 225 Å². The summed E-state index contributed by atoms with van der Waals surface area (Å²) in [5.41, 5.74) is 4.60. The summed E-state index contributed by atoms with van der Waals surface area (Å²) in [6, 6.07) is 4.42. The van der Waals surface area contributed by atoms with Crippen LogP contribution >= 0.6 is 11.3 Å². The highest BCUT2D eigenvalue weighted by molar-refractivity contribution is 7.19. The van der Waals surface area contributed by atoms with Crippen molar-refractivity contribution in [3.8, 4) is 16.3 Å². The fourth-order valence-corrected chi connectivity index (χ4v) is 5.48. The lowest BCUT2D eigenvalue weighted by atomic mass is 9.95.